The fourth-order valence-electron chi connectivity index (χ4n) is 2.69. The molecule has 4 heteroatoms. The summed E-state index contributed by atoms with van der Waals surface area (Å²) in [5, 5.41) is 2.92. The van der Waals surface area contributed by atoms with Gasteiger partial charge in [-0.2, -0.15) is 0 Å². The Morgan fingerprint density at radius 3 is 2.79 bits per heavy atom. The summed E-state index contributed by atoms with van der Waals surface area (Å²) in [5.74, 6) is 0.668. The van der Waals surface area contributed by atoms with E-state index >= 15 is 0 Å². The largest absolute Gasteiger partial charge is 0.330 e. The first-order valence-electron chi connectivity index (χ1n) is 6.98. The number of benzene rings is 1. The second kappa shape index (κ2) is 6.68. The summed E-state index contributed by atoms with van der Waals surface area (Å²) in [6.45, 7) is 4.80. The zero-order valence-corrected chi connectivity index (χ0v) is 11.5. The van der Waals surface area contributed by atoms with E-state index in [0.29, 0.717) is 18.4 Å². The minimum atomic E-state index is 0.0783. The van der Waals surface area contributed by atoms with Gasteiger partial charge in [0, 0.05) is 31.2 Å². The summed E-state index contributed by atoms with van der Waals surface area (Å²) >= 11 is 0. The minimum Gasteiger partial charge on any atom is -0.330 e. The van der Waals surface area contributed by atoms with E-state index in [1.165, 1.54) is 0 Å². The molecule has 1 aliphatic rings. The van der Waals surface area contributed by atoms with Crippen molar-refractivity contribution in [2.24, 2.45) is 11.7 Å². The average molecular weight is 261 g/mol. The first-order valence-corrected chi connectivity index (χ1v) is 6.98. The van der Waals surface area contributed by atoms with Gasteiger partial charge in [0.25, 0.3) is 0 Å². The molecular weight excluding hydrogens is 238 g/mol. The Balaban J connectivity index is 1.75. The molecule has 1 aliphatic heterocycles. The van der Waals surface area contributed by atoms with Crippen LogP contribution in [0.3, 0.4) is 0 Å². The third kappa shape index (κ3) is 4.04. The lowest BCUT2D eigenvalue weighted by molar-refractivity contribution is -0.116. The summed E-state index contributed by atoms with van der Waals surface area (Å²) in [6.07, 6.45) is 1.69. The van der Waals surface area contributed by atoms with Gasteiger partial charge in [-0.05, 0) is 37.9 Å². The standard InChI is InChI=1S/C15H23N3O/c1-12-9-13(10-16)11-18(12)8-7-15(19)17-14-5-3-2-4-6-14/h2-6,12-13H,7-11,16H2,1H3,(H,17,19). The molecule has 1 fully saturated rings. The molecule has 0 aromatic heterocycles. The highest BCUT2D eigenvalue weighted by Crippen LogP contribution is 2.22. The van der Waals surface area contributed by atoms with Crippen molar-refractivity contribution in [2.45, 2.75) is 25.8 Å². The molecule has 2 unspecified atom stereocenters. The molecule has 0 aliphatic carbocycles. The van der Waals surface area contributed by atoms with Crippen LogP contribution in [0.4, 0.5) is 5.69 Å². The number of anilines is 1. The molecule has 0 saturated carbocycles. The van der Waals surface area contributed by atoms with E-state index < -0.39 is 0 Å². The Morgan fingerprint density at radius 2 is 2.16 bits per heavy atom. The fraction of sp³-hybridized carbons (Fsp3) is 0.533. The molecule has 0 spiro atoms. The van der Waals surface area contributed by atoms with Crippen molar-refractivity contribution < 1.29 is 4.79 Å². The molecule has 1 aromatic rings. The number of carbonyl (C=O) groups excluding carboxylic acids is 1. The number of hydrogen-bond donors (Lipinski definition) is 2. The number of amides is 1. The second-order valence-electron chi connectivity index (χ2n) is 5.35. The van der Waals surface area contributed by atoms with Gasteiger partial charge in [0.1, 0.15) is 0 Å². The molecule has 1 amide bonds. The lowest BCUT2D eigenvalue weighted by atomic mass is 10.1. The molecule has 19 heavy (non-hydrogen) atoms. The molecule has 1 aromatic carbocycles. The molecule has 1 heterocycles. The van der Waals surface area contributed by atoms with Crippen molar-refractivity contribution in [3.05, 3.63) is 30.3 Å². The van der Waals surface area contributed by atoms with Crippen LogP contribution in [0.15, 0.2) is 30.3 Å². The van der Waals surface area contributed by atoms with Crippen molar-refractivity contribution in [1.82, 2.24) is 4.90 Å². The van der Waals surface area contributed by atoms with Gasteiger partial charge in [-0.3, -0.25) is 9.69 Å². The minimum absolute atomic E-state index is 0.0783. The lowest BCUT2D eigenvalue weighted by Gasteiger charge is -2.20. The molecule has 3 N–H and O–H groups in total. The van der Waals surface area contributed by atoms with Crippen molar-refractivity contribution in [3.8, 4) is 0 Å². The smallest absolute Gasteiger partial charge is 0.225 e. The van der Waals surface area contributed by atoms with Crippen LogP contribution in [0.1, 0.15) is 19.8 Å². The molecular formula is C15H23N3O. The predicted octanol–water partition coefficient (Wildman–Crippen LogP) is 1.68. The van der Waals surface area contributed by atoms with Gasteiger partial charge in [-0.1, -0.05) is 18.2 Å². The van der Waals surface area contributed by atoms with Crippen molar-refractivity contribution in [1.29, 1.82) is 0 Å². The predicted molar refractivity (Wildman–Crippen MR) is 77.9 cm³/mol. The Morgan fingerprint density at radius 1 is 1.42 bits per heavy atom. The van der Waals surface area contributed by atoms with Gasteiger partial charge in [0.2, 0.25) is 5.91 Å². The molecule has 0 radical (unpaired) electrons. The Kier molecular flexibility index (Phi) is 4.93. The zero-order valence-electron chi connectivity index (χ0n) is 11.5. The van der Waals surface area contributed by atoms with E-state index in [9.17, 15) is 4.79 Å². The monoisotopic (exact) mass is 261 g/mol. The first kappa shape index (κ1) is 14.0. The average Bonchev–Trinajstić information content (AvgIpc) is 2.78. The highest BCUT2D eigenvalue weighted by atomic mass is 16.1. The number of nitrogens with two attached hydrogens (primary N) is 1. The highest BCUT2D eigenvalue weighted by molar-refractivity contribution is 5.90. The van der Waals surface area contributed by atoms with E-state index in [4.69, 9.17) is 5.73 Å². The normalized spacial score (nSPS) is 23.5. The van der Waals surface area contributed by atoms with E-state index in [1.807, 2.05) is 30.3 Å². The van der Waals surface area contributed by atoms with Crippen LogP contribution in [0.5, 0.6) is 0 Å². The van der Waals surface area contributed by atoms with Crippen molar-refractivity contribution in [2.75, 3.05) is 25.0 Å². The Bertz CT molecular complexity index is 407. The van der Waals surface area contributed by atoms with Crippen LogP contribution < -0.4 is 11.1 Å². The number of hydrogen-bond acceptors (Lipinski definition) is 3. The molecule has 2 rings (SSSR count). The summed E-state index contributed by atoms with van der Waals surface area (Å²) in [4.78, 5) is 14.2. The lowest BCUT2D eigenvalue weighted by Crippen LogP contribution is -2.31. The van der Waals surface area contributed by atoms with E-state index in [0.717, 1.165) is 31.7 Å². The summed E-state index contributed by atoms with van der Waals surface area (Å²) in [5.41, 5.74) is 6.57. The maximum Gasteiger partial charge on any atom is 0.225 e. The van der Waals surface area contributed by atoms with Crippen molar-refractivity contribution in [3.63, 3.8) is 0 Å². The van der Waals surface area contributed by atoms with Crippen LogP contribution in [0.25, 0.3) is 0 Å². The van der Waals surface area contributed by atoms with Gasteiger partial charge < -0.3 is 11.1 Å². The van der Waals surface area contributed by atoms with E-state index in [2.05, 4.69) is 17.1 Å². The van der Waals surface area contributed by atoms with Crippen molar-refractivity contribution >= 4 is 11.6 Å². The van der Waals surface area contributed by atoms with E-state index in [-0.39, 0.29) is 5.91 Å². The number of nitrogens with zero attached hydrogens (tertiary/aromatic N) is 1. The number of likely N-dealkylation sites (tertiary alicyclic amines) is 1. The van der Waals surface area contributed by atoms with E-state index in [1.54, 1.807) is 0 Å². The fourth-order valence-corrected chi connectivity index (χ4v) is 2.69. The summed E-state index contributed by atoms with van der Waals surface area (Å²) in [6, 6.07) is 10.1. The number of nitrogens with one attached hydrogen (secondary N) is 1. The maximum atomic E-state index is 11.9. The topological polar surface area (TPSA) is 58.4 Å². The van der Waals surface area contributed by atoms with Gasteiger partial charge in [-0.15, -0.1) is 0 Å². The van der Waals surface area contributed by atoms with Crippen LogP contribution in [0.2, 0.25) is 0 Å². The van der Waals surface area contributed by atoms with Gasteiger partial charge in [-0.25, -0.2) is 0 Å². The SMILES string of the molecule is CC1CC(CN)CN1CCC(=O)Nc1ccccc1. The highest BCUT2D eigenvalue weighted by Gasteiger charge is 2.27. The Hall–Kier alpha value is -1.39. The summed E-state index contributed by atoms with van der Waals surface area (Å²) in [7, 11) is 0. The number of rotatable bonds is 5. The van der Waals surface area contributed by atoms with Crippen LogP contribution in [-0.2, 0) is 4.79 Å². The molecule has 1 saturated heterocycles. The zero-order chi connectivity index (χ0) is 13.7. The van der Waals surface area contributed by atoms with Gasteiger partial charge in [0.15, 0.2) is 0 Å². The third-order valence-corrected chi connectivity index (χ3v) is 3.81. The van der Waals surface area contributed by atoms with Crippen LogP contribution >= 0.6 is 0 Å². The second-order valence-corrected chi connectivity index (χ2v) is 5.35. The molecule has 104 valence electrons. The molecule has 0 bridgehead atoms. The summed E-state index contributed by atoms with van der Waals surface area (Å²) < 4.78 is 0. The number of para-hydroxylation sites is 1. The van der Waals surface area contributed by atoms with Crippen LogP contribution in [0, 0.1) is 5.92 Å². The third-order valence-electron chi connectivity index (χ3n) is 3.81. The molecule has 4 nitrogen and oxygen atoms in total. The van der Waals surface area contributed by atoms with Crippen LogP contribution in [-0.4, -0.2) is 36.5 Å². The molecule has 2 atom stereocenters. The quantitative estimate of drug-likeness (QED) is 0.848. The number of carbonyl (C=O) groups is 1. The first-order chi connectivity index (χ1) is 9.19. The Labute approximate surface area is 115 Å². The maximum absolute atomic E-state index is 11.9. The van der Waals surface area contributed by atoms with Gasteiger partial charge >= 0.3 is 0 Å². The van der Waals surface area contributed by atoms with Gasteiger partial charge in [0.05, 0.1) is 0 Å².